The maximum Gasteiger partial charge on any atom is 0.254 e. The Morgan fingerprint density at radius 1 is 1.11 bits per heavy atom. The standard InChI is InChI=1S/C22H25N3O2S/c1-15(2)18-8-5-9-19-20(18)23-22(28-19)25-12-10-24(11-13-25)21(26)16-6-4-7-17(14-16)27-3/h4-9,14-15H,10-13H2,1-3H3. The molecule has 0 saturated carbocycles. The molecule has 0 bridgehead atoms. The zero-order valence-corrected chi connectivity index (χ0v) is 17.3. The van der Waals surface area contributed by atoms with Crippen molar-refractivity contribution in [1.29, 1.82) is 0 Å². The zero-order valence-electron chi connectivity index (χ0n) is 16.5. The van der Waals surface area contributed by atoms with Crippen molar-refractivity contribution >= 4 is 32.6 Å². The van der Waals surface area contributed by atoms with Crippen LogP contribution in [0.1, 0.15) is 35.7 Å². The van der Waals surface area contributed by atoms with Crippen LogP contribution in [0.25, 0.3) is 10.2 Å². The van der Waals surface area contributed by atoms with E-state index in [0.717, 1.165) is 23.7 Å². The lowest BCUT2D eigenvalue weighted by atomic mass is 10.0. The van der Waals surface area contributed by atoms with Crippen molar-refractivity contribution < 1.29 is 9.53 Å². The summed E-state index contributed by atoms with van der Waals surface area (Å²) in [6, 6.07) is 13.8. The summed E-state index contributed by atoms with van der Waals surface area (Å²) >= 11 is 1.74. The Bertz CT molecular complexity index is 990. The van der Waals surface area contributed by atoms with Crippen LogP contribution in [0, 0.1) is 0 Å². The van der Waals surface area contributed by atoms with Gasteiger partial charge in [-0.1, -0.05) is 43.4 Å². The van der Waals surface area contributed by atoms with Gasteiger partial charge in [-0.3, -0.25) is 4.79 Å². The van der Waals surface area contributed by atoms with Crippen molar-refractivity contribution in [2.24, 2.45) is 0 Å². The van der Waals surface area contributed by atoms with Crippen LogP contribution in [-0.4, -0.2) is 49.1 Å². The second-order valence-corrected chi connectivity index (χ2v) is 8.37. The Hall–Kier alpha value is -2.60. The van der Waals surface area contributed by atoms with Crippen LogP contribution in [0.15, 0.2) is 42.5 Å². The molecule has 28 heavy (non-hydrogen) atoms. The highest BCUT2D eigenvalue weighted by atomic mass is 32.1. The molecular weight excluding hydrogens is 370 g/mol. The van der Waals surface area contributed by atoms with E-state index in [1.54, 1.807) is 24.5 Å². The topological polar surface area (TPSA) is 45.7 Å². The van der Waals surface area contributed by atoms with Gasteiger partial charge in [-0.2, -0.15) is 0 Å². The number of piperazine rings is 1. The number of fused-ring (bicyclic) bond motifs is 1. The Balaban J connectivity index is 1.47. The average molecular weight is 396 g/mol. The van der Waals surface area contributed by atoms with Gasteiger partial charge in [-0.05, 0) is 35.7 Å². The molecular formula is C22H25N3O2S. The Morgan fingerprint density at radius 2 is 1.86 bits per heavy atom. The van der Waals surface area contributed by atoms with Gasteiger partial charge in [0, 0.05) is 31.7 Å². The number of methoxy groups -OCH3 is 1. The van der Waals surface area contributed by atoms with E-state index in [9.17, 15) is 4.79 Å². The van der Waals surface area contributed by atoms with E-state index in [1.807, 2.05) is 23.1 Å². The van der Waals surface area contributed by atoms with Crippen LogP contribution in [0.4, 0.5) is 5.13 Å². The van der Waals surface area contributed by atoms with Gasteiger partial charge >= 0.3 is 0 Å². The molecule has 0 atom stereocenters. The first-order valence-corrected chi connectivity index (χ1v) is 10.5. The molecule has 1 saturated heterocycles. The molecule has 1 aliphatic rings. The van der Waals surface area contributed by atoms with Gasteiger partial charge in [0.05, 0.1) is 17.3 Å². The van der Waals surface area contributed by atoms with E-state index in [2.05, 4.69) is 36.9 Å². The van der Waals surface area contributed by atoms with Gasteiger partial charge in [0.2, 0.25) is 0 Å². The lowest BCUT2D eigenvalue weighted by Gasteiger charge is -2.34. The molecule has 4 rings (SSSR count). The van der Waals surface area contributed by atoms with Gasteiger partial charge < -0.3 is 14.5 Å². The second kappa shape index (κ2) is 7.80. The molecule has 1 aromatic heterocycles. The third-order valence-corrected chi connectivity index (χ3v) is 6.30. The van der Waals surface area contributed by atoms with Crippen LogP contribution in [0.2, 0.25) is 0 Å². The van der Waals surface area contributed by atoms with E-state index in [1.165, 1.54) is 10.3 Å². The molecule has 6 heteroatoms. The van der Waals surface area contributed by atoms with Crippen LogP contribution < -0.4 is 9.64 Å². The van der Waals surface area contributed by atoms with Crippen molar-refractivity contribution in [2.45, 2.75) is 19.8 Å². The second-order valence-electron chi connectivity index (χ2n) is 7.36. The Morgan fingerprint density at radius 3 is 2.57 bits per heavy atom. The van der Waals surface area contributed by atoms with Gasteiger partial charge in [-0.15, -0.1) is 0 Å². The maximum atomic E-state index is 12.8. The van der Waals surface area contributed by atoms with Crippen LogP contribution in [0.5, 0.6) is 5.75 Å². The molecule has 0 aliphatic carbocycles. The highest BCUT2D eigenvalue weighted by molar-refractivity contribution is 7.22. The van der Waals surface area contributed by atoms with Crippen molar-refractivity contribution in [2.75, 3.05) is 38.2 Å². The Labute approximate surface area is 169 Å². The fourth-order valence-corrected chi connectivity index (χ4v) is 4.65. The molecule has 1 fully saturated rings. The summed E-state index contributed by atoms with van der Waals surface area (Å²) in [5, 5.41) is 1.05. The Kier molecular flexibility index (Phi) is 5.22. The fraction of sp³-hybridized carbons (Fsp3) is 0.364. The summed E-state index contributed by atoms with van der Waals surface area (Å²) in [7, 11) is 1.62. The normalized spacial score (nSPS) is 14.7. The molecule has 2 heterocycles. The van der Waals surface area contributed by atoms with Crippen LogP contribution in [-0.2, 0) is 0 Å². The number of para-hydroxylation sites is 1. The van der Waals surface area contributed by atoms with Gasteiger partial charge in [-0.25, -0.2) is 4.98 Å². The quantitative estimate of drug-likeness (QED) is 0.657. The molecule has 5 nitrogen and oxygen atoms in total. The molecule has 0 unspecified atom stereocenters. The summed E-state index contributed by atoms with van der Waals surface area (Å²) in [5.74, 6) is 1.22. The van der Waals surface area contributed by atoms with E-state index < -0.39 is 0 Å². The molecule has 3 aromatic rings. The molecule has 0 spiro atoms. The molecule has 0 radical (unpaired) electrons. The first-order valence-electron chi connectivity index (χ1n) is 9.64. The fourth-order valence-electron chi connectivity index (χ4n) is 3.60. The predicted octanol–water partition coefficient (Wildman–Crippen LogP) is 4.39. The third-order valence-electron chi connectivity index (χ3n) is 5.22. The highest BCUT2D eigenvalue weighted by Gasteiger charge is 2.24. The number of benzene rings is 2. The largest absolute Gasteiger partial charge is 0.497 e. The number of hydrogen-bond acceptors (Lipinski definition) is 5. The molecule has 146 valence electrons. The number of anilines is 1. The SMILES string of the molecule is COc1cccc(C(=O)N2CCN(c3nc4c(C(C)C)cccc4s3)CC2)c1. The summed E-state index contributed by atoms with van der Waals surface area (Å²) < 4.78 is 6.47. The maximum absolute atomic E-state index is 12.8. The minimum atomic E-state index is 0.0601. The van der Waals surface area contributed by atoms with Crippen molar-refractivity contribution in [3.8, 4) is 5.75 Å². The molecule has 2 aromatic carbocycles. The lowest BCUT2D eigenvalue weighted by molar-refractivity contribution is 0.0746. The number of carbonyl (C=O) groups is 1. The number of ether oxygens (including phenoxy) is 1. The van der Waals surface area contributed by atoms with Gasteiger partial charge in [0.25, 0.3) is 5.91 Å². The number of thiazole rings is 1. The first kappa shape index (κ1) is 18.7. The van der Waals surface area contributed by atoms with E-state index in [4.69, 9.17) is 9.72 Å². The lowest BCUT2D eigenvalue weighted by Crippen LogP contribution is -2.48. The number of amides is 1. The average Bonchev–Trinajstić information content (AvgIpc) is 3.17. The summed E-state index contributed by atoms with van der Waals surface area (Å²) in [6.45, 7) is 7.40. The zero-order chi connectivity index (χ0) is 19.7. The smallest absolute Gasteiger partial charge is 0.254 e. The van der Waals surface area contributed by atoms with E-state index in [0.29, 0.717) is 30.3 Å². The van der Waals surface area contributed by atoms with Crippen molar-refractivity contribution in [1.82, 2.24) is 9.88 Å². The summed E-state index contributed by atoms with van der Waals surface area (Å²) in [6.07, 6.45) is 0. The predicted molar refractivity (Wildman–Crippen MR) is 115 cm³/mol. The van der Waals surface area contributed by atoms with E-state index >= 15 is 0 Å². The third kappa shape index (κ3) is 3.56. The minimum absolute atomic E-state index is 0.0601. The van der Waals surface area contributed by atoms with Crippen molar-refractivity contribution in [3.63, 3.8) is 0 Å². The molecule has 1 amide bonds. The molecule has 1 aliphatic heterocycles. The number of aromatic nitrogens is 1. The molecule has 0 N–H and O–H groups in total. The number of carbonyl (C=O) groups excluding carboxylic acids is 1. The monoisotopic (exact) mass is 395 g/mol. The summed E-state index contributed by atoms with van der Waals surface area (Å²) in [4.78, 5) is 22.0. The van der Waals surface area contributed by atoms with Crippen LogP contribution in [0.3, 0.4) is 0 Å². The van der Waals surface area contributed by atoms with E-state index in [-0.39, 0.29) is 5.91 Å². The van der Waals surface area contributed by atoms with Crippen LogP contribution >= 0.6 is 11.3 Å². The number of nitrogens with zero attached hydrogens (tertiary/aromatic N) is 3. The first-order chi connectivity index (χ1) is 13.6. The summed E-state index contributed by atoms with van der Waals surface area (Å²) in [5.41, 5.74) is 3.09. The van der Waals surface area contributed by atoms with Gasteiger partial charge in [0.15, 0.2) is 5.13 Å². The van der Waals surface area contributed by atoms with Gasteiger partial charge in [0.1, 0.15) is 5.75 Å². The minimum Gasteiger partial charge on any atom is -0.497 e. The number of rotatable bonds is 4. The highest BCUT2D eigenvalue weighted by Crippen LogP contribution is 2.33. The number of hydrogen-bond donors (Lipinski definition) is 0. The van der Waals surface area contributed by atoms with Crippen molar-refractivity contribution in [3.05, 3.63) is 53.6 Å².